The molecule has 1 saturated carbocycles. The lowest BCUT2D eigenvalue weighted by molar-refractivity contribution is -0.125. The van der Waals surface area contributed by atoms with Crippen LogP contribution < -0.4 is 5.32 Å². The largest absolute Gasteiger partial charge is 0.353 e. The summed E-state index contributed by atoms with van der Waals surface area (Å²) in [5.74, 6) is 1.59. The van der Waals surface area contributed by atoms with Crippen LogP contribution in [0.1, 0.15) is 30.9 Å². The number of nitrogens with one attached hydrogen (secondary N) is 1. The highest BCUT2D eigenvalue weighted by Gasteiger charge is 2.43. The number of likely N-dealkylation sites (tertiary alicyclic amines) is 1. The molecular weight excluding hydrogens is 332 g/mol. The van der Waals surface area contributed by atoms with Gasteiger partial charge in [0.15, 0.2) is 0 Å². The fraction of sp³-hybridized carbons (Fsp3) is 0.458. The fourth-order valence-electron chi connectivity index (χ4n) is 4.89. The van der Waals surface area contributed by atoms with Crippen molar-refractivity contribution in [2.24, 2.45) is 17.8 Å². The van der Waals surface area contributed by atoms with E-state index >= 15 is 0 Å². The van der Waals surface area contributed by atoms with Gasteiger partial charge in [-0.25, -0.2) is 0 Å². The smallest absolute Gasteiger partial charge is 0.223 e. The molecule has 1 saturated heterocycles. The topological polar surface area (TPSA) is 32.3 Å². The zero-order valence-electron chi connectivity index (χ0n) is 16.2. The average molecular weight is 363 g/mol. The Balaban J connectivity index is 1.30. The van der Waals surface area contributed by atoms with Gasteiger partial charge in [0, 0.05) is 31.6 Å². The minimum Gasteiger partial charge on any atom is -0.353 e. The highest BCUT2D eigenvalue weighted by atomic mass is 16.1. The summed E-state index contributed by atoms with van der Waals surface area (Å²) >= 11 is 0. The van der Waals surface area contributed by atoms with E-state index in [0.29, 0.717) is 12.0 Å². The number of hydrogen-bond donors (Lipinski definition) is 1. The van der Waals surface area contributed by atoms with Crippen LogP contribution in [0.4, 0.5) is 0 Å². The molecule has 2 fully saturated rings. The Bertz CT molecular complexity index is 745. The number of fused-ring (bicyclic) bond motifs is 1. The van der Waals surface area contributed by atoms with E-state index in [4.69, 9.17) is 0 Å². The van der Waals surface area contributed by atoms with Crippen molar-refractivity contribution in [2.75, 3.05) is 13.1 Å². The van der Waals surface area contributed by atoms with E-state index < -0.39 is 0 Å². The quantitative estimate of drug-likeness (QED) is 0.845. The summed E-state index contributed by atoms with van der Waals surface area (Å²) in [5, 5.41) is 3.39. The third kappa shape index (κ3) is 4.41. The van der Waals surface area contributed by atoms with Crippen molar-refractivity contribution in [2.45, 2.75) is 38.8 Å². The van der Waals surface area contributed by atoms with E-state index in [1.807, 2.05) is 25.1 Å². The van der Waals surface area contributed by atoms with Crippen molar-refractivity contribution in [3.8, 4) is 0 Å². The van der Waals surface area contributed by atoms with Crippen LogP contribution in [0.15, 0.2) is 60.7 Å². The number of hydrogen-bond acceptors (Lipinski definition) is 2. The van der Waals surface area contributed by atoms with Crippen molar-refractivity contribution in [3.05, 3.63) is 71.8 Å². The molecular formula is C24H30N2O. The van der Waals surface area contributed by atoms with E-state index in [2.05, 4.69) is 52.7 Å². The van der Waals surface area contributed by atoms with Gasteiger partial charge in [-0.15, -0.1) is 0 Å². The SMILES string of the molecule is CC(Cc1ccccc1)C(=O)NC1CCC2CN(Cc3ccccc3)CC21. The maximum absolute atomic E-state index is 12.7. The summed E-state index contributed by atoms with van der Waals surface area (Å²) in [6.45, 7) is 5.35. The first kappa shape index (κ1) is 18.2. The lowest BCUT2D eigenvalue weighted by atomic mass is 9.96. The fourth-order valence-corrected chi connectivity index (χ4v) is 4.89. The first-order chi connectivity index (χ1) is 13.2. The van der Waals surface area contributed by atoms with Crippen LogP contribution in [-0.4, -0.2) is 29.9 Å². The molecule has 0 bridgehead atoms. The summed E-state index contributed by atoms with van der Waals surface area (Å²) in [6, 6.07) is 21.4. The summed E-state index contributed by atoms with van der Waals surface area (Å²) in [7, 11) is 0. The van der Waals surface area contributed by atoms with Gasteiger partial charge in [0.05, 0.1) is 0 Å². The van der Waals surface area contributed by atoms with Gasteiger partial charge >= 0.3 is 0 Å². The summed E-state index contributed by atoms with van der Waals surface area (Å²) in [4.78, 5) is 15.3. The zero-order valence-corrected chi connectivity index (χ0v) is 16.2. The second kappa shape index (κ2) is 8.26. The minimum atomic E-state index is 0.0216. The lowest BCUT2D eigenvalue weighted by Crippen LogP contribution is -2.42. The number of carbonyl (C=O) groups is 1. The van der Waals surface area contributed by atoms with Crippen LogP contribution in [0.5, 0.6) is 0 Å². The number of nitrogens with zero attached hydrogens (tertiary/aromatic N) is 1. The second-order valence-electron chi connectivity index (χ2n) is 8.39. The third-order valence-electron chi connectivity index (χ3n) is 6.34. The predicted octanol–water partition coefficient (Wildman–Crippen LogP) is 3.89. The Hall–Kier alpha value is -2.13. The molecule has 3 nitrogen and oxygen atoms in total. The normalized spacial score (nSPS) is 25.9. The Morgan fingerprint density at radius 2 is 1.67 bits per heavy atom. The Morgan fingerprint density at radius 3 is 2.37 bits per heavy atom. The highest BCUT2D eigenvalue weighted by molar-refractivity contribution is 5.79. The van der Waals surface area contributed by atoms with E-state index in [1.165, 1.54) is 24.1 Å². The Labute approximate surface area is 162 Å². The van der Waals surface area contributed by atoms with Crippen molar-refractivity contribution < 1.29 is 4.79 Å². The predicted molar refractivity (Wildman–Crippen MR) is 109 cm³/mol. The minimum absolute atomic E-state index is 0.0216. The van der Waals surface area contributed by atoms with Crippen LogP contribution in [-0.2, 0) is 17.8 Å². The number of benzene rings is 2. The van der Waals surface area contributed by atoms with Crippen LogP contribution >= 0.6 is 0 Å². The standard InChI is InChI=1S/C24H30N2O/c1-18(14-19-8-4-2-5-9-19)24(27)25-23-13-12-21-16-26(17-22(21)23)15-20-10-6-3-7-11-20/h2-11,18,21-23H,12-17H2,1H3,(H,25,27). The molecule has 0 spiro atoms. The van der Waals surface area contributed by atoms with E-state index in [0.717, 1.165) is 31.8 Å². The second-order valence-corrected chi connectivity index (χ2v) is 8.39. The number of rotatable bonds is 6. The first-order valence-electron chi connectivity index (χ1n) is 10.3. The van der Waals surface area contributed by atoms with Crippen LogP contribution in [0.3, 0.4) is 0 Å². The van der Waals surface area contributed by atoms with Gasteiger partial charge in [-0.05, 0) is 42.2 Å². The van der Waals surface area contributed by atoms with Gasteiger partial charge in [-0.3, -0.25) is 9.69 Å². The van der Waals surface area contributed by atoms with Crippen molar-refractivity contribution in [1.29, 1.82) is 0 Å². The third-order valence-corrected chi connectivity index (χ3v) is 6.34. The molecule has 2 aliphatic rings. The number of carbonyl (C=O) groups excluding carboxylic acids is 1. The molecule has 1 aliphatic heterocycles. The highest BCUT2D eigenvalue weighted by Crippen LogP contribution is 2.38. The van der Waals surface area contributed by atoms with Gasteiger partial charge in [0.2, 0.25) is 5.91 Å². The molecule has 2 aromatic carbocycles. The van der Waals surface area contributed by atoms with E-state index in [9.17, 15) is 4.79 Å². The van der Waals surface area contributed by atoms with E-state index in [-0.39, 0.29) is 11.8 Å². The first-order valence-corrected chi connectivity index (χ1v) is 10.3. The van der Waals surface area contributed by atoms with Crippen LogP contribution in [0.2, 0.25) is 0 Å². The molecule has 142 valence electrons. The zero-order chi connectivity index (χ0) is 18.6. The monoisotopic (exact) mass is 362 g/mol. The van der Waals surface area contributed by atoms with Crippen LogP contribution in [0.25, 0.3) is 0 Å². The molecule has 1 aliphatic carbocycles. The van der Waals surface area contributed by atoms with Gasteiger partial charge in [0.25, 0.3) is 0 Å². The molecule has 0 aromatic heterocycles. The molecule has 0 radical (unpaired) electrons. The van der Waals surface area contributed by atoms with Gasteiger partial charge in [-0.2, -0.15) is 0 Å². The maximum atomic E-state index is 12.7. The van der Waals surface area contributed by atoms with Gasteiger partial charge < -0.3 is 5.32 Å². The van der Waals surface area contributed by atoms with Gasteiger partial charge in [-0.1, -0.05) is 67.6 Å². The number of amides is 1. The van der Waals surface area contributed by atoms with Crippen molar-refractivity contribution in [3.63, 3.8) is 0 Å². The van der Waals surface area contributed by atoms with E-state index in [1.54, 1.807) is 0 Å². The Kier molecular flexibility index (Phi) is 5.58. The van der Waals surface area contributed by atoms with Crippen molar-refractivity contribution >= 4 is 5.91 Å². The molecule has 1 heterocycles. The molecule has 4 rings (SSSR count). The van der Waals surface area contributed by atoms with Crippen LogP contribution in [0, 0.1) is 17.8 Å². The lowest BCUT2D eigenvalue weighted by Gasteiger charge is -2.23. The summed E-state index contributed by atoms with van der Waals surface area (Å²) in [5.41, 5.74) is 2.62. The molecule has 1 amide bonds. The average Bonchev–Trinajstić information content (AvgIpc) is 3.24. The molecule has 27 heavy (non-hydrogen) atoms. The maximum Gasteiger partial charge on any atom is 0.223 e. The molecule has 2 aromatic rings. The molecule has 4 atom stereocenters. The molecule has 4 unspecified atom stereocenters. The summed E-state index contributed by atoms with van der Waals surface area (Å²) in [6.07, 6.45) is 3.19. The van der Waals surface area contributed by atoms with Gasteiger partial charge in [0.1, 0.15) is 0 Å². The van der Waals surface area contributed by atoms with Crippen molar-refractivity contribution in [1.82, 2.24) is 10.2 Å². The molecule has 3 heteroatoms. The molecule has 1 N–H and O–H groups in total. The summed E-state index contributed by atoms with van der Waals surface area (Å²) < 4.78 is 0. The Morgan fingerprint density at radius 1 is 1.00 bits per heavy atom.